The minimum atomic E-state index is -0.768. The number of benzene rings is 2. The quantitative estimate of drug-likeness (QED) is 0.146. The Labute approximate surface area is 290 Å². The van der Waals surface area contributed by atoms with Crippen molar-refractivity contribution in [3.63, 3.8) is 0 Å². The first-order valence-corrected chi connectivity index (χ1v) is 16.8. The molecule has 1 saturated heterocycles. The van der Waals surface area contributed by atoms with Gasteiger partial charge >= 0.3 is 0 Å². The molecule has 4 aromatic heterocycles. The smallest absolute Gasteiger partial charge is 0.242 e. The summed E-state index contributed by atoms with van der Waals surface area (Å²) in [5, 5.41) is 11.2. The van der Waals surface area contributed by atoms with Crippen molar-refractivity contribution in [1.82, 2.24) is 39.6 Å². The van der Waals surface area contributed by atoms with Gasteiger partial charge in [-0.25, -0.2) is 33.4 Å². The Balaban J connectivity index is 0.00000159. The standard InChI is InChI=1S/C34H34F2N10O.C2H6.CH4/c1-3-4-5-14-44-20-40-27-10-6-8-23(31(27)44)26-9-7-11-30(43-26)42-22-16-29(34(47)37-2)45(18-22)32-24-17-41-46(33(24)39-19-38-32)28-13-12-21(35)15-25(28)36;1-2;/h6-13,15,17,19-20,22,29H,3-5,14,16,18H2,1-2H3,(H,37,47)(H,42,43);1-2H3;1H4. The molecule has 1 aliphatic heterocycles. The van der Waals surface area contributed by atoms with Crippen molar-refractivity contribution < 1.29 is 13.6 Å². The van der Waals surface area contributed by atoms with Gasteiger partial charge in [0.05, 0.1) is 34.6 Å². The summed E-state index contributed by atoms with van der Waals surface area (Å²) in [6, 6.07) is 14.6. The molecule has 7 rings (SSSR count). The van der Waals surface area contributed by atoms with Gasteiger partial charge in [0.25, 0.3) is 0 Å². The molecule has 13 heteroatoms. The molecule has 0 saturated carbocycles. The molecule has 0 bridgehead atoms. The molecule has 2 aromatic carbocycles. The minimum Gasteiger partial charge on any atom is -0.365 e. The average molecular weight is 683 g/mol. The van der Waals surface area contributed by atoms with Crippen LogP contribution in [0.15, 0.2) is 73.4 Å². The van der Waals surface area contributed by atoms with Crippen LogP contribution in [0.2, 0.25) is 0 Å². The summed E-state index contributed by atoms with van der Waals surface area (Å²) < 4.78 is 31.8. The van der Waals surface area contributed by atoms with Crippen LogP contribution in [0.1, 0.15) is 53.9 Å². The number of imidazole rings is 1. The van der Waals surface area contributed by atoms with Crippen LogP contribution in [-0.2, 0) is 11.3 Å². The molecule has 5 heterocycles. The number of amides is 1. The van der Waals surface area contributed by atoms with E-state index in [-0.39, 0.29) is 25.1 Å². The highest BCUT2D eigenvalue weighted by atomic mass is 19.1. The zero-order chi connectivity index (χ0) is 34.5. The SMILES string of the molecule is C.CC.CCCCCn1cnc2cccc(-c3cccc(NC4CC(C(=O)NC)N(c5ncnc6c5cnn6-c5ccc(F)cc5F)C4)n3)c21. The number of likely N-dealkylation sites (N-methyl/N-ethyl adjacent to an activating group) is 1. The molecule has 50 heavy (non-hydrogen) atoms. The van der Waals surface area contributed by atoms with Gasteiger partial charge in [-0.15, -0.1) is 0 Å². The van der Waals surface area contributed by atoms with Crippen molar-refractivity contribution in [3.8, 4) is 16.9 Å². The largest absolute Gasteiger partial charge is 0.365 e. The fraction of sp³-hybridized carbons (Fsp3) is 0.351. The monoisotopic (exact) mass is 682 g/mol. The Bertz CT molecular complexity index is 2080. The predicted molar refractivity (Wildman–Crippen MR) is 194 cm³/mol. The van der Waals surface area contributed by atoms with Gasteiger partial charge in [-0.1, -0.05) is 59.2 Å². The lowest BCUT2D eigenvalue weighted by atomic mass is 10.1. The highest BCUT2D eigenvalue weighted by molar-refractivity contribution is 5.93. The zero-order valence-corrected chi connectivity index (χ0v) is 28.1. The molecule has 0 radical (unpaired) electrons. The summed E-state index contributed by atoms with van der Waals surface area (Å²) in [6.07, 6.45) is 8.67. The number of aryl methyl sites for hydroxylation is 1. The van der Waals surface area contributed by atoms with Crippen molar-refractivity contribution in [2.75, 3.05) is 23.8 Å². The Hall–Kier alpha value is -5.46. The predicted octanol–water partition coefficient (Wildman–Crippen LogP) is 7.16. The third-order valence-electron chi connectivity index (χ3n) is 8.62. The number of para-hydroxylation sites is 1. The Kier molecular flexibility index (Phi) is 11.3. The Morgan fingerprint density at radius 1 is 1.02 bits per heavy atom. The number of nitrogens with zero attached hydrogens (tertiary/aromatic N) is 8. The molecular weight excluding hydrogens is 638 g/mol. The number of fused-ring (bicyclic) bond motifs is 2. The van der Waals surface area contributed by atoms with Crippen molar-refractivity contribution in [1.29, 1.82) is 0 Å². The number of hydrogen-bond acceptors (Lipinski definition) is 8. The maximum atomic E-state index is 14.7. The lowest BCUT2D eigenvalue weighted by Crippen LogP contribution is -2.42. The van der Waals surface area contributed by atoms with Crippen LogP contribution in [-0.4, -0.2) is 65.9 Å². The fourth-order valence-corrected chi connectivity index (χ4v) is 6.39. The van der Waals surface area contributed by atoms with E-state index in [0.29, 0.717) is 35.6 Å². The average Bonchev–Trinajstić information content (AvgIpc) is 3.86. The van der Waals surface area contributed by atoms with E-state index >= 15 is 0 Å². The molecule has 11 nitrogen and oxygen atoms in total. The van der Waals surface area contributed by atoms with E-state index in [4.69, 9.17) is 4.98 Å². The number of carbonyl (C=O) groups is 1. The number of hydrogen-bond donors (Lipinski definition) is 2. The molecule has 6 aromatic rings. The maximum absolute atomic E-state index is 14.7. The van der Waals surface area contributed by atoms with Crippen molar-refractivity contribution in [3.05, 3.63) is 85.1 Å². The number of rotatable bonds is 10. The molecule has 2 N–H and O–H groups in total. The molecule has 2 atom stereocenters. The third-order valence-corrected chi connectivity index (χ3v) is 8.62. The first-order valence-electron chi connectivity index (χ1n) is 16.8. The summed E-state index contributed by atoms with van der Waals surface area (Å²) in [4.78, 5) is 33.6. The summed E-state index contributed by atoms with van der Waals surface area (Å²) in [6.45, 7) is 7.53. The Morgan fingerprint density at radius 2 is 1.84 bits per heavy atom. The van der Waals surface area contributed by atoms with Gasteiger partial charge in [0, 0.05) is 37.8 Å². The summed E-state index contributed by atoms with van der Waals surface area (Å²) in [7, 11) is 1.60. The number of carbonyl (C=O) groups excluding carboxylic acids is 1. The van der Waals surface area contributed by atoms with Crippen molar-refractivity contribution in [2.45, 2.75) is 72.5 Å². The van der Waals surface area contributed by atoms with Gasteiger partial charge in [-0.3, -0.25) is 4.79 Å². The van der Waals surface area contributed by atoms with Gasteiger partial charge in [-0.2, -0.15) is 5.10 Å². The number of halogens is 2. The van der Waals surface area contributed by atoms with Crippen molar-refractivity contribution >= 4 is 39.6 Å². The maximum Gasteiger partial charge on any atom is 0.242 e. The van der Waals surface area contributed by atoms with Crippen LogP contribution in [0.5, 0.6) is 0 Å². The van der Waals surface area contributed by atoms with Crippen LogP contribution in [0, 0.1) is 11.6 Å². The van der Waals surface area contributed by atoms with Gasteiger partial charge in [0.1, 0.15) is 35.5 Å². The molecule has 0 spiro atoms. The van der Waals surface area contributed by atoms with Crippen LogP contribution in [0.4, 0.5) is 20.4 Å². The summed E-state index contributed by atoms with van der Waals surface area (Å²) in [5.41, 5.74) is 4.22. The van der Waals surface area contributed by atoms with E-state index < -0.39 is 17.7 Å². The Morgan fingerprint density at radius 3 is 2.62 bits per heavy atom. The van der Waals surface area contributed by atoms with E-state index in [2.05, 4.69) is 48.2 Å². The van der Waals surface area contributed by atoms with Gasteiger partial charge in [0.2, 0.25) is 5.91 Å². The van der Waals surface area contributed by atoms with E-state index in [9.17, 15) is 13.6 Å². The van der Waals surface area contributed by atoms with Crippen LogP contribution in [0.3, 0.4) is 0 Å². The zero-order valence-electron chi connectivity index (χ0n) is 28.1. The molecule has 1 aliphatic rings. The van der Waals surface area contributed by atoms with Crippen LogP contribution in [0.25, 0.3) is 39.0 Å². The number of unbranched alkanes of at least 4 members (excludes halogenated alkanes) is 2. The topological polar surface area (TPSA) is 119 Å². The molecule has 1 amide bonds. The molecule has 2 unspecified atom stereocenters. The fourth-order valence-electron chi connectivity index (χ4n) is 6.39. The first kappa shape index (κ1) is 35.8. The van der Waals surface area contributed by atoms with Gasteiger partial charge in [-0.05, 0) is 43.2 Å². The van der Waals surface area contributed by atoms with Gasteiger partial charge < -0.3 is 20.1 Å². The van der Waals surface area contributed by atoms with E-state index in [1.807, 2.05) is 55.4 Å². The second-order valence-electron chi connectivity index (χ2n) is 11.7. The highest BCUT2D eigenvalue weighted by Gasteiger charge is 2.38. The van der Waals surface area contributed by atoms with Gasteiger partial charge in [0.15, 0.2) is 11.5 Å². The number of nitrogens with one attached hydrogen (secondary N) is 2. The molecular formula is C37H44F2N10O. The van der Waals surface area contributed by atoms with E-state index in [1.165, 1.54) is 23.3 Å². The summed E-state index contributed by atoms with van der Waals surface area (Å²) >= 11 is 0. The molecule has 0 aliphatic carbocycles. The van der Waals surface area contributed by atoms with Crippen LogP contribution >= 0.6 is 0 Å². The van der Waals surface area contributed by atoms with E-state index in [1.54, 1.807) is 7.05 Å². The lowest BCUT2D eigenvalue weighted by Gasteiger charge is -2.24. The second-order valence-corrected chi connectivity index (χ2v) is 11.7. The molecule has 1 fully saturated rings. The highest BCUT2D eigenvalue weighted by Crippen LogP contribution is 2.33. The first-order chi connectivity index (χ1) is 23.9. The number of aromatic nitrogens is 7. The van der Waals surface area contributed by atoms with Crippen LogP contribution < -0.4 is 15.5 Å². The number of anilines is 2. The summed E-state index contributed by atoms with van der Waals surface area (Å²) in [5.74, 6) is -0.440. The minimum absolute atomic E-state index is 0. The normalized spacial score (nSPS) is 15.4. The van der Waals surface area contributed by atoms with Crippen molar-refractivity contribution in [2.24, 2.45) is 0 Å². The van der Waals surface area contributed by atoms with E-state index in [0.717, 1.165) is 60.2 Å². The second kappa shape index (κ2) is 15.8. The lowest BCUT2D eigenvalue weighted by molar-refractivity contribution is -0.121. The third kappa shape index (κ3) is 6.98. The number of pyridine rings is 1. The molecule has 262 valence electrons.